The van der Waals surface area contributed by atoms with Crippen LogP contribution in [0.5, 0.6) is 0 Å². The first-order chi connectivity index (χ1) is 21.6. The molecule has 0 radical (unpaired) electrons. The SMILES string of the molecule is CC/C=C/C/C=C/C/C=C/CCCCCCC(=O)OC(COCCC(C(=O)[O-])[N+](C)(C)C)COC(=O)CC/C=C/C/C=C/CC. The third kappa shape index (κ3) is 27.1. The van der Waals surface area contributed by atoms with Crippen LogP contribution in [0.15, 0.2) is 60.8 Å². The molecule has 45 heavy (non-hydrogen) atoms. The normalized spacial score (nSPS) is 13.9. The van der Waals surface area contributed by atoms with Crippen molar-refractivity contribution in [2.75, 3.05) is 41.0 Å². The van der Waals surface area contributed by atoms with E-state index < -0.39 is 18.1 Å². The molecule has 0 aromatic carbocycles. The average molecular weight is 632 g/mol. The van der Waals surface area contributed by atoms with E-state index in [-0.39, 0.29) is 55.5 Å². The maximum atomic E-state index is 12.6. The largest absolute Gasteiger partial charge is 0.544 e. The van der Waals surface area contributed by atoms with Crippen LogP contribution in [0.4, 0.5) is 0 Å². The monoisotopic (exact) mass is 631 g/mol. The van der Waals surface area contributed by atoms with Crippen molar-refractivity contribution in [1.82, 2.24) is 0 Å². The Bertz CT molecular complexity index is 928. The van der Waals surface area contributed by atoms with E-state index in [0.717, 1.165) is 64.2 Å². The Hall–Kier alpha value is -2.97. The summed E-state index contributed by atoms with van der Waals surface area (Å²) in [5.74, 6) is -1.87. The van der Waals surface area contributed by atoms with Crippen LogP contribution in [0.2, 0.25) is 0 Å². The molecule has 0 N–H and O–H groups in total. The third-order valence-electron chi connectivity index (χ3n) is 6.91. The Morgan fingerprint density at radius 3 is 1.80 bits per heavy atom. The number of unbranched alkanes of at least 4 members (excludes halogenated alkanes) is 4. The molecule has 8 heteroatoms. The smallest absolute Gasteiger partial charge is 0.306 e. The van der Waals surface area contributed by atoms with Gasteiger partial charge in [0, 0.05) is 19.3 Å². The zero-order chi connectivity index (χ0) is 33.6. The summed E-state index contributed by atoms with van der Waals surface area (Å²) in [4.78, 5) is 36.3. The second kappa shape index (κ2) is 28.5. The number of ether oxygens (including phenoxy) is 3. The number of carboxylic acids is 1. The van der Waals surface area contributed by atoms with Gasteiger partial charge < -0.3 is 28.6 Å². The van der Waals surface area contributed by atoms with Crippen LogP contribution in [-0.2, 0) is 28.6 Å². The van der Waals surface area contributed by atoms with Gasteiger partial charge in [0.05, 0.1) is 40.3 Å². The molecular formula is C37H61NO7. The Morgan fingerprint density at radius 1 is 0.667 bits per heavy atom. The number of aliphatic carboxylic acids is 1. The van der Waals surface area contributed by atoms with E-state index >= 15 is 0 Å². The number of rotatable bonds is 28. The van der Waals surface area contributed by atoms with Gasteiger partial charge in [-0.05, 0) is 57.8 Å². The standard InChI is InChI=1S/C37H61NO7/c1-6-8-10-12-14-15-16-17-18-19-20-22-24-26-28-36(40)45-33(31-43-30-29-34(37(41)42)38(3,4)5)32-44-35(39)27-25-23-21-13-11-9-7-2/h8-11,14-15,17-18,21,23,33-34H,6-7,12-13,16,19-20,22,24-32H2,1-5H3/b10-8+,11-9+,15-14+,18-17+,23-21+. The number of hydrogen-bond donors (Lipinski definition) is 0. The molecule has 0 heterocycles. The highest BCUT2D eigenvalue weighted by atomic mass is 16.6. The van der Waals surface area contributed by atoms with Crippen LogP contribution in [0, 0.1) is 0 Å². The van der Waals surface area contributed by atoms with Crippen LogP contribution in [0.25, 0.3) is 0 Å². The molecule has 0 aromatic heterocycles. The van der Waals surface area contributed by atoms with E-state index in [1.54, 1.807) is 21.1 Å². The predicted molar refractivity (Wildman–Crippen MR) is 180 cm³/mol. The lowest BCUT2D eigenvalue weighted by atomic mass is 10.1. The summed E-state index contributed by atoms with van der Waals surface area (Å²) in [6, 6.07) is -0.736. The first-order valence-electron chi connectivity index (χ1n) is 16.8. The van der Waals surface area contributed by atoms with Crippen molar-refractivity contribution in [2.24, 2.45) is 0 Å². The summed E-state index contributed by atoms with van der Waals surface area (Å²) in [6.07, 6.45) is 31.5. The van der Waals surface area contributed by atoms with Crippen molar-refractivity contribution in [2.45, 2.75) is 116 Å². The number of nitrogens with zero attached hydrogens (tertiary/aromatic N) is 1. The van der Waals surface area contributed by atoms with Crippen LogP contribution in [0.1, 0.15) is 104 Å². The quantitative estimate of drug-likeness (QED) is 0.0417. The molecule has 0 rings (SSSR count). The minimum absolute atomic E-state index is 0.0105. The highest BCUT2D eigenvalue weighted by Gasteiger charge is 2.25. The number of allylic oxidation sites excluding steroid dienone is 10. The molecular weight excluding hydrogens is 570 g/mol. The first-order valence-corrected chi connectivity index (χ1v) is 16.8. The Balaban J connectivity index is 4.55. The molecule has 0 aromatic rings. The second-order valence-electron chi connectivity index (χ2n) is 12.0. The molecule has 0 aliphatic rings. The van der Waals surface area contributed by atoms with Crippen LogP contribution < -0.4 is 5.11 Å². The lowest BCUT2D eigenvalue weighted by Crippen LogP contribution is -2.55. The third-order valence-corrected chi connectivity index (χ3v) is 6.91. The number of carboxylic acid groups (broad SMARTS) is 1. The average Bonchev–Trinajstić information content (AvgIpc) is 2.98. The topological polar surface area (TPSA) is 102 Å². The van der Waals surface area contributed by atoms with Crippen molar-refractivity contribution in [3.63, 3.8) is 0 Å². The van der Waals surface area contributed by atoms with E-state index in [1.165, 1.54) is 0 Å². The summed E-state index contributed by atoms with van der Waals surface area (Å²) in [5.41, 5.74) is 0. The van der Waals surface area contributed by atoms with Gasteiger partial charge in [-0.15, -0.1) is 0 Å². The number of likely N-dealkylation sites (N-methyl/N-ethyl adjacent to an activating group) is 1. The summed E-state index contributed by atoms with van der Waals surface area (Å²) >= 11 is 0. The van der Waals surface area contributed by atoms with Crippen molar-refractivity contribution in [1.29, 1.82) is 0 Å². The maximum Gasteiger partial charge on any atom is 0.306 e. The molecule has 0 amide bonds. The highest BCUT2D eigenvalue weighted by molar-refractivity contribution is 5.70. The molecule has 2 unspecified atom stereocenters. The lowest BCUT2D eigenvalue weighted by Gasteiger charge is -2.34. The number of carbonyl (C=O) groups is 3. The number of quaternary nitrogens is 1. The van der Waals surface area contributed by atoms with Gasteiger partial charge in [-0.1, -0.05) is 87.4 Å². The van der Waals surface area contributed by atoms with E-state index in [9.17, 15) is 19.5 Å². The molecule has 0 bridgehead atoms. The zero-order valence-corrected chi connectivity index (χ0v) is 28.8. The van der Waals surface area contributed by atoms with Crippen molar-refractivity contribution < 1.29 is 38.2 Å². The van der Waals surface area contributed by atoms with Gasteiger partial charge in [0.2, 0.25) is 0 Å². The van der Waals surface area contributed by atoms with E-state index in [2.05, 4.69) is 62.5 Å². The number of esters is 2. The maximum absolute atomic E-state index is 12.6. The van der Waals surface area contributed by atoms with Crippen LogP contribution >= 0.6 is 0 Å². The molecule has 8 nitrogen and oxygen atoms in total. The summed E-state index contributed by atoms with van der Waals surface area (Å²) in [5, 5.41) is 11.5. The van der Waals surface area contributed by atoms with Gasteiger partial charge in [0.15, 0.2) is 6.10 Å². The second-order valence-corrected chi connectivity index (χ2v) is 12.0. The van der Waals surface area contributed by atoms with Crippen molar-refractivity contribution in [3.05, 3.63) is 60.8 Å². The van der Waals surface area contributed by atoms with Crippen LogP contribution in [0.3, 0.4) is 0 Å². The zero-order valence-electron chi connectivity index (χ0n) is 28.8. The summed E-state index contributed by atoms with van der Waals surface area (Å²) in [7, 11) is 5.35. The van der Waals surface area contributed by atoms with Gasteiger partial charge in [0.1, 0.15) is 12.6 Å². The van der Waals surface area contributed by atoms with Gasteiger partial charge in [0.25, 0.3) is 0 Å². The van der Waals surface area contributed by atoms with E-state index in [4.69, 9.17) is 14.2 Å². The summed E-state index contributed by atoms with van der Waals surface area (Å²) in [6.45, 7) is 4.26. The molecule has 0 aliphatic carbocycles. The van der Waals surface area contributed by atoms with Crippen molar-refractivity contribution >= 4 is 17.9 Å². The minimum atomic E-state index is -1.14. The molecule has 256 valence electrons. The Morgan fingerprint density at radius 2 is 1.22 bits per heavy atom. The van der Waals surface area contributed by atoms with Gasteiger partial charge in [-0.2, -0.15) is 0 Å². The summed E-state index contributed by atoms with van der Waals surface area (Å²) < 4.78 is 16.9. The number of hydrogen-bond acceptors (Lipinski definition) is 7. The Kier molecular flexibility index (Phi) is 26.6. The Labute approximate surface area is 273 Å². The van der Waals surface area contributed by atoms with Gasteiger partial charge in [-0.25, -0.2) is 0 Å². The predicted octanol–water partition coefficient (Wildman–Crippen LogP) is 6.56. The fraction of sp³-hybridized carbons (Fsp3) is 0.649. The molecule has 0 spiro atoms. The molecule has 0 saturated heterocycles. The fourth-order valence-electron chi connectivity index (χ4n) is 4.32. The van der Waals surface area contributed by atoms with Crippen LogP contribution in [-0.4, -0.2) is 75.5 Å². The first kappa shape index (κ1) is 42.0. The van der Waals surface area contributed by atoms with Gasteiger partial charge in [-0.3, -0.25) is 9.59 Å². The molecule has 2 atom stereocenters. The highest BCUT2D eigenvalue weighted by Crippen LogP contribution is 2.11. The number of carbonyl (C=O) groups excluding carboxylic acids is 3. The molecule has 0 fully saturated rings. The van der Waals surface area contributed by atoms with Crippen molar-refractivity contribution in [3.8, 4) is 0 Å². The lowest BCUT2D eigenvalue weighted by molar-refractivity contribution is -0.889. The minimum Gasteiger partial charge on any atom is -0.544 e. The van der Waals surface area contributed by atoms with E-state index in [1.807, 2.05) is 12.2 Å². The molecule has 0 aliphatic heterocycles. The van der Waals surface area contributed by atoms with Gasteiger partial charge >= 0.3 is 11.9 Å². The van der Waals surface area contributed by atoms with E-state index in [0.29, 0.717) is 6.42 Å². The fourth-order valence-corrected chi connectivity index (χ4v) is 4.32. The molecule has 0 saturated carbocycles.